The van der Waals surface area contributed by atoms with Crippen LogP contribution in [-0.4, -0.2) is 28.0 Å². The summed E-state index contributed by atoms with van der Waals surface area (Å²) in [5, 5.41) is 6.12. The van der Waals surface area contributed by atoms with Crippen LogP contribution in [0.2, 0.25) is 5.28 Å². The molecule has 0 aliphatic heterocycles. The van der Waals surface area contributed by atoms with Crippen molar-refractivity contribution in [2.45, 2.75) is 13.8 Å². The zero-order valence-electron chi connectivity index (χ0n) is 16.1. The van der Waals surface area contributed by atoms with Crippen molar-refractivity contribution in [3.63, 3.8) is 0 Å². The molecule has 3 heterocycles. The molecule has 2 N–H and O–H groups in total. The van der Waals surface area contributed by atoms with Gasteiger partial charge in [0.15, 0.2) is 24.8 Å². The molecule has 0 amide bonds. The number of pyridine rings is 2. The van der Waals surface area contributed by atoms with Gasteiger partial charge in [-0.1, -0.05) is 0 Å². The third-order valence-corrected chi connectivity index (χ3v) is 3.74. The third kappa shape index (κ3) is 6.79. The average Bonchev–Trinajstić information content (AvgIpc) is 2.64. The lowest BCUT2D eigenvalue weighted by Crippen LogP contribution is -2.26. The summed E-state index contributed by atoms with van der Waals surface area (Å²) in [6, 6.07) is 8.48. The standard InChI is InChI=1S/C12H14N2.C7H12ClN5/c1-13-7-3-11(4-8-13)12-5-9-14(2)10-6-12;1-3-9-6-11-5(8)12-7(13-6)10-4-2/h3-10H,1-2H3;3-4H2,1-2H3,(H2,9,10,11,12,13)/q+2;. The first-order valence-electron chi connectivity index (χ1n) is 8.82. The summed E-state index contributed by atoms with van der Waals surface area (Å²) in [6.07, 6.45) is 8.23. The number of hydrogen-bond donors (Lipinski definition) is 2. The Morgan fingerprint density at radius 2 is 1.11 bits per heavy atom. The summed E-state index contributed by atoms with van der Waals surface area (Å²) in [4.78, 5) is 11.9. The molecule has 0 aliphatic carbocycles. The van der Waals surface area contributed by atoms with Crippen LogP contribution in [0.5, 0.6) is 0 Å². The van der Waals surface area contributed by atoms with Crippen LogP contribution < -0.4 is 19.8 Å². The Labute approximate surface area is 165 Å². The minimum Gasteiger partial charge on any atom is -0.354 e. The Balaban J connectivity index is 0.000000194. The quantitative estimate of drug-likeness (QED) is 0.658. The van der Waals surface area contributed by atoms with E-state index in [1.165, 1.54) is 11.1 Å². The maximum Gasteiger partial charge on any atom is 0.228 e. The van der Waals surface area contributed by atoms with Crippen molar-refractivity contribution in [3.8, 4) is 11.1 Å². The molecule has 0 aromatic carbocycles. The number of nitrogens with one attached hydrogen (secondary N) is 2. The fourth-order valence-corrected chi connectivity index (χ4v) is 2.37. The summed E-state index contributed by atoms with van der Waals surface area (Å²) in [5.41, 5.74) is 2.51. The first-order chi connectivity index (χ1) is 13.0. The first kappa shape index (κ1) is 20.5. The molecule has 0 radical (unpaired) electrons. The second-order valence-electron chi connectivity index (χ2n) is 5.82. The molecule has 0 bridgehead atoms. The maximum atomic E-state index is 5.68. The molecule has 0 saturated heterocycles. The fraction of sp³-hybridized carbons (Fsp3) is 0.316. The van der Waals surface area contributed by atoms with Gasteiger partial charge in [0.25, 0.3) is 0 Å². The van der Waals surface area contributed by atoms with Crippen LogP contribution in [0.15, 0.2) is 49.1 Å². The zero-order chi connectivity index (χ0) is 19.6. The van der Waals surface area contributed by atoms with Gasteiger partial charge in [-0.05, 0) is 36.6 Å². The van der Waals surface area contributed by atoms with Crippen LogP contribution in [-0.2, 0) is 14.1 Å². The van der Waals surface area contributed by atoms with Gasteiger partial charge in [-0.2, -0.15) is 15.0 Å². The van der Waals surface area contributed by atoms with Crippen molar-refractivity contribution < 1.29 is 9.13 Å². The first-order valence-corrected chi connectivity index (χ1v) is 9.20. The number of rotatable bonds is 5. The molecular weight excluding hydrogens is 362 g/mol. The largest absolute Gasteiger partial charge is 0.354 e. The second kappa shape index (κ2) is 10.4. The van der Waals surface area contributed by atoms with Crippen LogP contribution >= 0.6 is 11.6 Å². The van der Waals surface area contributed by atoms with Crippen molar-refractivity contribution in [1.82, 2.24) is 15.0 Å². The molecule has 0 spiro atoms. The van der Waals surface area contributed by atoms with Gasteiger partial charge in [0.05, 0.1) is 0 Å². The van der Waals surface area contributed by atoms with E-state index in [1.54, 1.807) is 0 Å². The third-order valence-electron chi connectivity index (χ3n) is 3.57. The van der Waals surface area contributed by atoms with Crippen molar-refractivity contribution in [2.24, 2.45) is 14.1 Å². The monoisotopic (exact) mass is 387 g/mol. The van der Waals surface area contributed by atoms with Gasteiger partial charge in [-0.15, -0.1) is 0 Å². The van der Waals surface area contributed by atoms with E-state index < -0.39 is 0 Å². The fourth-order valence-electron chi connectivity index (χ4n) is 2.21. The van der Waals surface area contributed by atoms with Gasteiger partial charge < -0.3 is 10.6 Å². The minimum absolute atomic E-state index is 0.196. The summed E-state index contributed by atoms with van der Waals surface area (Å²) in [7, 11) is 4.05. The van der Waals surface area contributed by atoms with Crippen LogP contribution in [0.4, 0.5) is 11.9 Å². The topological polar surface area (TPSA) is 70.5 Å². The number of hydrogen-bond acceptors (Lipinski definition) is 5. The summed E-state index contributed by atoms with van der Waals surface area (Å²) >= 11 is 5.68. The Morgan fingerprint density at radius 1 is 0.741 bits per heavy atom. The molecule has 0 atom stereocenters. The molecule has 27 heavy (non-hydrogen) atoms. The highest BCUT2D eigenvalue weighted by Crippen LogP contribution is 2.15. The lowest BCUT2D eigenvalue weighted by molar-refractivity contribution is -0.671. The van der Waals surface area contributed by atoms with E-state index >= 15 is 0 Å². The van der Waals surface area contributed by atoms with Crippen molar-refractivity contribution in [3.05, 3.63) is 54.3 Å². The minimum atomic E-state index is 0.196. The highest BCUT2D eigenvalue weighted by Gasteiger charge is 2.02. The van der Waals surface area contributed by atoms with E-state index in [2.05, 4.69) is 74.6 Å². The normalized spacial score (nSPS) is 9.96. The highest BCUT2D eigenvalue weighted by molar-refractivity contribution is 6.28. The van der Waals surface area contributed by atoms with Gasteiger partial charge in [-0.3, -0.25) is 0 Å². The molecule has 142 valence electrons. The molecule has 7 nitrogen and oxygen atoms in total. The Hall–Kier alpha value is -2.80. The van der Waals surface area contributed by atoms with Crippen molar-refractivity contribution in [1.29, 1.82) is 0 Å². The molecule has 3 aromatic heterocycles. The van der Waals surface area contributed by atoms with E-state index in [0.29, 0.717) is 11.9 Å². The van der Waals surface area contributed by atoms with E-state index in [1.807, 2.05) is 37.1 Å². The second-order valence-corrected chi connectivity index (χ2v) is 6.15. The lowest BCUT2D eigenvalue weighted by atomic mass is 10.1. The number of aryl methyl sites for hydroxylation is 2. The number of anilines is 2. The Bertz CT molecular complexity index is 768. The van der Waals surface area contributed by atoms with Crippen LogP contribution in [0.25, 0.3) is 11.1 Å². The summed E-state index contributed by atoms with van der Waals surface area (Å²) < 4.78 is 4.07. The predicted molar refractivity (Wildman–Crippen MR) is 107 cm³/mol. The highest BCUT2D eigenvalue weighted by atomic mass is 35.5. The maximum absolute atomic E-state index is 5.68. The van der Waals surface area contributed by atoms with Gasteiger partial charge in [-0.25, -0.2) is 9.13 Å². The van der Waals surface area contributed by atoms with E-state index in [4.69, 9.17) is 11.6 Å². The van der Waals surface area contributed by atoms with Gasteiger partial charge in [0, 0.05) is 37.4 Å². The van der Waals surface area contributed by atoms with Gasteiger partial charge in [0.1, 0.15) is 14.1 Å². The lowest BCUT2D eigenvalue weighted by Gasteiger charge is -2.04. The molecule has 0 unspecified atom stereocenters. The predicted octanol–water partition coefficient (Wildman–Crippen LogP) is 2.39. The molecule has 3 rings (SSSR count). The van der Waals surface area contributed by atoms with E-state index in [0.717, 1.165) is 13.1 Å². The average molecular weight is 388 g/mol. The number of aromatic nitrogens is 5. The van der Waals surface area contributed by atoms with Crippen molar-refractivity contribution in [2.75, 3.05) is 23.7 Å². The van der Waals surface area contributed by atoms with Crippen LogP contribution in [0.1, 0.15) is 13.8 Å². The number of halogens is 1. The Kier molecular flexibility index (Phi) is 7.88. The molecule has 3 aromatic rings. The SMILES string of the molecule is CCNc1nc(Cl)nc(NCC)n1.C[n+]1ccc(-c2cc[n+](C)cc2)cc1. The smallest absolute Gasteiger partial charge is 0.228 e. The van der Waals surface area contributed by atoms with E-state index in [9.17, 15) is 0 Å². The summed E-state index contributed by atoms with van der Waals surface area (Å²) in [5.74, 6) is 0.997. The summed E-state index contributed by atoms with van der Waals surface area (Å²) in [6.45, 7) is 5.44. The Morgan fingerprint density at radius 3 is 1.44 bits per heavy atom. The zero-order valence-corrected chi connectivity index (χ0v) is 16.9. The molecule has 0 fully saturated rings. The van der Waals surface area contributed by atoms with Crippen LogP contribution in [0, 0.1) is 0 Å². The number of nitrogens with zero attached hydrogens (tertiary/aromatic N) is 5. The van der Waals surface area contributed by atoms with Crippen molar-refractivity contribution >= 4 is 23.5 Å². The van der Waals surface area contributed by atoms with Crippen LogP contribution in [0.3, 0.4) is 0 Å². The van der Waals surface area contributed by atoms with E-state index in [-0.39, 0.29) is 5.28 Å². The van der Waals surface area contributed by atoms with Gasteiger partial charge in [0.2, 0.25) is 17.2 Å². The molecule has 8 heteroatoms. The van der Waals surface area contributed by atoms with Gasteiger partial charge >= 0.3 is 0 Å². The molecule has 0 aliphatic rings. The molecule has 0 saturated carbocycles. The molecular formula is C19H26ClN7+2.